The summed E-state index contributed by atoms with van der Waals surface area (Å²) in [5.74, 6) is -0.711. The molecule has 0 fully saturated rings. The summed E-state index contributed by atoms with van der Waals surface area (Å²) in [5.41, 5.74) is 3.63. The Morgan fingerprint density at radius 1 is 1.06 bits per heavy atom. The molecule has 1 unspecified atom stereocenters. The maximum absolute atomic E-state index is 9.55. The molecule has 0 aliphatic carbocycles. The fourth-order valence-electron chi connectivity index (χ4n) is 2.70. The van der Waals surface area contributed by atoms with Crippen LogP contribution in [0.2, 0.25) is 0 Å². The highest BCUT2D eigenvalue weighted by Crippen LogP contribution is 2.18. The van der Waals surface area contributed by atoms with Gasteiger partial charge in [0.05, 0.1) is 12.6 Å². The topological polar surface area (TPSA) is 120 Å². The summed E-state index contributed by atoms with van der Waals surface area (Å²) in [7, 11) is 0. The molecule has 0 amide bonds. The summed E-state index contributed by atoms with van der Waals surface area (Å²) in [6.45, 7) is 5.98. The molecule has 1 atom stereocenters. The molecular weight excluding hydrogens is 410 g/mol. The number of nitrogens with one attached hydrogen (secondary N) is 2. The van der Waals surface area contributed by atoms with Crippen molar-refractivity contribution in [2.45, 2.75) is 32.8 Å². The predicted octanol–water partition coefficient (Wildman–Crippen LogP) is 3.54. The van der Waals surface area contributed by atoms with E-state index in [1.807, 2.05) is 0 Å². The van der Waals surface area contributed by atoms with Crippen LogP contribution >= 0.6 is 0 Å². The van der Waals surface area contributed by atoms with Crippen molar-refractivity contribution in [3.05, 3.63) is 71.8 Å². The van der Waals surface area contributed by atoms with Crippen molar-refractivity contribution in [3.8, 4) is 5.75 Å². The molecule has 32 heavy (non-hydrogen) atoms. The van der Waals surface area contributed by atoms with E-state index in [9.17, 15) is 9.59 Å². The van der Waals surface area contributed by atoms with Crippen LogP contribution in [0.25, 0.3) is 0 Å². The van der Waals surface area contributed by atoms with Gasteiger partial charge in [0.15, 0.2) is 5.96 Å². The Kier molecular flexibility index (Phi) is 9.77. The number of benzene rings is 2. The minimum Gasteiger partial charge on any atom is -0.491 e. The molecule has 1 aliphatic heterocycles. The first-order valence-electron chi connectivity index (χ1n) is 10.4. The van der Waals surface area contributed by atoms with Crippen LogP contribution in [0.1, 0.15) is 31.4 Å². The van der Waals surface area contributed by atoms with Crippen molar-refractivity contribution >= 4 is 23.6 Å². The van der Waals surface area contributed by atoms with E-state index >= 15 is 0 Å². The summed E-state index contributed by atoms with van der Waals surface area (Å²) in [4.78, 5) is 23.4. The number of guanidine groups is 1. The molecule has 0 aromatic heterocycles. The molecule has 0 saturated carbocycles. The highest BCUT2D eigenvalue weighted by atomic mass is 16.5. The summed E-state index contributed by atoms with van der Waals surface area (Å²) >= 11 is 0. The molecule has 1 heterocycles. The average Bonchev–Trinajstić information content (AvgIpc) is 3.28. The van der Waals surface area contributed by atoms with Crippen molar-refractivity contribution in [2.75, 3.05) is 18.4 Å². The van der Waals surface area contributed by atoms with Crippen LogP contribution in [0.15, 0.2) is 65.7 Å². The molecule has 2 aromatic carbocycles. The smallest absolute Gasteiger partial charge is 0.328 e. The molecule has 3 rings (SSSR count). The fraction of sp³-hybridized carbons (Fsp3) is 0.292. The zero-order valence-corrected chi connectivity index (χ0v) is 18.2. The Labute approximate surface area is 187 Å². The molecule has 2 aromatic rings. The van der Waals surface area contributed by atoms with Gasteiger partial charge in [0, 0.05) is 24.4 Å². The van der Waals surface area contributed by atoms with Gasteiger partial charge in [0.2, 0.25) is 0 Å². The van der Waals surface area contributed by atoms with Crippen molar-refractivity contribution in [2.24, 2.45) is 4.99 Å². The lowest BCUT2D eigenvalue weighted by Crippen LogP contribution is -2.26. The number of rotatable bonds is 8. The second-order valence-electron chi connectivity index (χ2n) is 7.15. The van der Waals surface area contributed by atoms with Crippen LogP contribution in [0.3, 0.4) is 0 Å². The lowest BCUT2D eigenvalue weighted by Gasteiger charge is -2.13. The molecule has 8 nitrogen and oxygen atoms in total. The van der Waals surface area contributed by atoms with Crippen molar-refractivity contribution in [1.82, 2.24) is 5.32 Å². The van der Waals surface area contributed by atoms with Crippen molar-refractivity contribution < 1.29 is 24.5 Å². The van der Waals surface area contributed by atoms with E-state index in [0.717, 1.165) is 43.3 Å². The van der Waals surface area contributed by atoms with E-state index < -0.39 is 11.9 Å². The second-order valence-corrected chi connectivity index (χ2v) is 7.15. The zero-order valence-electron chi connectivity index (χ0n) is 18.2. The molecule has 170 valence electrons. The molecule has 0 spiro atoms. The summed E-state index contributed by atoms with van der Waals surface area (Å²) < 4.78 is 5.82. The molecule has 0 radical (unpaired) electrons. The van der Waals surface area contributed by atoms with Gasteiger partial charge < -0.3 is 25.6 Å². The van der Waals surface area contributed by atoms with Crippen LogP contribution in [0.5, 0.6) is 5.75 Å². The molecule has 8 heteroatoms. The van der Waals surface area contributed by atoms with E-state index in [1.165, 1.54) is 11.1 Å². The quantitative estimate of drug-likeness (QED) is 0.464. The SMILES string of the molecule is CCC(C)Oc1ccc(Cc2ccc(NC3=NCCN3)cc2)cc1.O=C(O)C=CC(=O)O. The number of carboxylic acids is 2. The summed E-state index contributed by atoms with van der Waals surface area (Å²) in [6, 6.07) is 16.9. The van der Waals surface area contributed by atoms with Crippen LogP contribution < -0.4 is 15.4 Å². The van der Waals surface area contributed by atoms with Crippen LogP contribution in [-0.2, 0) is 16.0 Å². The highest BCUT2D eigenvalue weighted by Gasteiger charge is 2.05. The van der Waals surface area contributed by atoms with Gasteiger partial charge in [-0.1, -0.05) is 31.2 Å². The van der Waals surface area contributed by atoms with Crippen LogP contribution in [-0.4, -0.2) is 47.3 Å². The van der Waals surface area contributed by atoms with Gasteiger partial charge in [-0.2, -0.15) is 0 Å². The molecule has 1 aliphatic rings. The number of aliphatic carboxylic acids is 2. The minimum absolute atomic E-state index is 0.259. The Hall–Kier alpha value is -3.81. The van der Waals surface area contributed by atoms with Crippen molar-refractivity contribution in [3.63, 3.8) is 0 Å². The maximum Gasteiger partial charge on any atom is 0.328 e. The zero-order chi connectivity index (χ0) is 23.3. The number of hydrogen-bond donors (Lipinski definition) is 4. The second kappa shape index (κ2) is 12.8. The number of hydrogen-bond acceptors (Lipinski definition) is 6. The Balaban J connectivity index is 0.000000390. The predicted molar refractivity (Wildman–Crippen MR) is 124 cm³/mol. The van der Waals surface area contributed by atoms with E-state index in [-0.39, 0.29) is 6.10 Å². The first-order valence-corrected chi connectivity index (χ1v) is 10.4. The van der Waals surface area contributed by atoms with E-state index in [4.69, 9.17) is 14.9 Å². The van der Waals surface area contributed by atoms with E-state index in [1.54, 1.807) is 0 Å². The number of carbonyl (C=O) groups is 2. The molecular formula is C24H29N3O5. The van der Waals surface area contributed by atoms with Gasteiger partial charge in [0.25, 0.3) is 0 Å². The Morgan fingerprint density at radius 3 is 2.09 bits per heavy atom. The average molecular weight is 440 g/mol. The van der Waals surface area contributed by atoms with E-state index in [0.29, 0.717) is 12.2 Å². The van der Waals surface area contributed by atoms with Gasteiger partial charge in [-0.25, -0.2) is 9.59 Å². The summed E-state index contributed by atoms with van der Waals surface area (Å²) in [5, 5.41) is 22.1. The third-order valence-corrected chi connectivity index (χ3v) is 4.50. The van der Waals surface area contributed by atoms with E-state index in [2.05, 4.69) is 78.0 Å². The number of ether oxygens (including phenoxy) is 1. The lowest BCUT2D eigenvalue weighted by molar-refractivity contribution is -0.134. The standard InChI is InChI=1S/C20H25N3O.C4H4O4/c1-3-15(2)24-19-10-6-17(7-11-19)14-16-4-8-18(9-5-16)23-20-21-12-13-22-20;5-3(6)1-2-4(7)8/h4-11,15H,3,12-14H2,1-2H3,(H2,21,22,23);1-2H,(H,5,6)(H,7,8). The van der Waals surface area contributed by atoms with Gasteiger partial charge in [0.1, 0.15) is 5.75 Å². The Morgan fingerprint density at radius 2 is 1.62 bits per heavy atom. The molecule has 4 N–H and O–H groups in total. The fourth-order valence-corrected chi connectivity index (χ4v) is 2.70. The van der Waals surface area contributed by atoms with Gasteiger partial charge in [-0.05, 0) is 55.2 Å². The largest absolute Gasteiger partial charge is 0.491 e. The number of nitrogens with zero attached hydrogens (tertiary/aromatic N) is 1. The summed E-state index contributed by atoms with van der Waals surface area (Å²) in [6.07, 6.45) is 3.31. The number of anilines is 1. The van der Waals surface area contributed by atoms with Crippen molar-refractivity contribution in [1.29, 1.82) is 0 Å². The third-order valence-electron chi connectivity index (χ3n) is 4.50. The van der Waals surface area contributed by atoms with Gasteiger partial charge in [-0.15, -0.1) is 0 Å². The third kappa shape index (κ3) is 9.34. The number of carboxylic acid groups (broad SMARTS) is 2. The minimum atomic E-state index is -1.26. The molecule has 0 saturated heterocycles. The lowest BCUT2D eigenvalue weighted by atomic mass is 10.0. The first kappa shape index (κ1) is 24.5. The van der Waals surface area contributed by atoms with Crippen LogP contribution in [0, 0.1) is 0 Å². The monoisotopic (exact) mass is 439 g/mol. The van der Waals surface area contributed by atoms with Crippen LogP contribution in [0.4, 0.5) is 5.69 Å². The first-order chi connectivity index (χ1) is 15.4. The highest BCUT2D eigenvalue weighted by molar-refractivity contribution is 5.94. The maximum atomic E-state index is 9.55. The Bertz CT molecular complexity index is 921. The normalized spacial score (nSPS) is 13.4. The molecule has 0 bridgehead atoms. The van der Waals surface area contributed by atoms with Gasteiger partial charge in [-0.3, -0.25) is 4.99 Å². The van der Waals surface area contributed by atoms with Gasteiger partial charge >= 0.3 is 11.9 Å². The number of aliphatic imine (C=N–C) groups is 1.